The first kappa shape index (κ1) is 19.3. The zero-order chi connectivity index (χ0) is 19.9. The topological polar surface area (TPSA) is 102 Å². The van der Waals surface area contributed by atoms with E-state index >= 15 is 0 Å². The van der Waals surface area contributed by atoms with E-state index in [9.17, 15) is 4.79 Å². The molecule has 0 fully saturated rings. The first-order valence-corrected chi connectivity index (χ1v) is 8.98. The minimum Gasteiger partial charge on any atom is -0.497 e. The number of anilines is 1. The Bertz CT molecular complexity index is 910. The largest absolute Gasteiger partial charge is 0.497 e. The number of carbonyl (C=O) groups is 1. The van der Waals surface area contributed by atoms with E-state index in [1.807, 2.05) is 36.4 Å². The zero-order valence-corrected chi connectivity index (χ0v) is 16.1. The Labute approximate surface area is 163 Å². The van der Waals surface area contributed by atoms with Crippen LogP contribution in [-0.2, 0) is 17.6 Å². The highest BCUT2D eigenvalue weighted by Gasteiger charge is 2.27. The molecule has 0 unspecified atom stereocenters. The average molecular weight is 381 g/mol. The van der Waals surface area contributed by atoms with Crippen molar-refractivity contribution in [2.24, 2.45) is 0 Å². The van der Waals surface area contributed by atoms with Crippen LogP contribution in [0.4, 0.5) is 5.69 Å². The summed E-state index contributed by atoms with van der Waals surface area (Å²) in [5.74, 6) is 0.779. The van der Waals surface area contributed by atoms with Gasteiger partial charge in [0.05, 0.1) is 14.2 Å². The Balaban J connectivity index is 1.86. The zero-order valence-electron chi connectivity index (χ0n) is 16.1. The lowest BCUT2D eigenvalue weighted by molar-refractivity contribution is -0.117. The van der Waals surface area contributed by atoms with E-state index in [1.54, 1.807) is 20.3 Å². The summed E-state index contributed by atoms with van der Waals surface area (Å²) in [6.45, 7) is 2.08. The van der Waals surface area contributed by atoms with Crippen LogP contribution < -0.4 is 14.8 Å². The van der Waals surface area contributed by atoms with E-state index in [4.69, 9.17) is 9.47 Å². The number of aromatic nitrogens is 4. The first-order chi connectivity index (χ1) is 13.6. The van der Waals surface area contributed by atoms with Gasteiger partial charge in [0, 0.05) is 5.69 Å². The summed E-state index contributed by atoms with van der Waals surface area (Å²) < 4.78 is 10.7. The summed E-state index contributed by atoms with van der Waals surface area (Å²) in [5, 5.41) is 17.0. The van der Waals surface area contributed by atoms with Crippen molar-refractivity contribution in [1.82, 2.24) is 20.6 Å². The van der Waals surface area contributed by atoms with Gasteiger partial charge in [-0.3, -0.25) is 4.79 Å². The Morgan fingerprint density at radius 1 is 1.14 bits per heavy atom. The van der Waals surface area contributed by atoms with Crippen molar-refractivity contribution < 1.29 is 14.3 Å². The van der Waals surface area contributed by atoms with Gasteiger partial charge in [0.25, 0.3) is 0 Å². The van der Waals surface area contributed by atoms with Crippen LogP contribution in [0.5, 0.6) is 11.5 Å². The maximum absolute atomic E-state index is 13.0. The Hall–Kier alpha value is -3.42. The van der Waals surface area contributed by atoms with Crippen molar-refractivity contribution in [3.63, 3.8) is 0 Å². The number of nitrogens with one attached hydrogen (secondary N) is 2. The number of hydrogen-bond acceptors (Lipinski definition) is 6. The summed E-state index contributed by atoms with van der Waals surface area (Å²) in [4.78, 5) is 13.0. The lowest BCUT2D eigenvalue weighted by Crippen LogP contribution is -2.24. The quantitative estimate of drug-likeness (QED) is 0.622. The molecule has 3 aromatic rings. The molecule has 3 rings (SSSR count). The van der Waals surface area contributed by atoms with Crippen LogP contribution >= 0.6 is 0 Å². The second kappa shape index (κ2) is 8.98. The van der Waals surface area contributed by atoms with Crippen LogP contribution in [-0.4, -0.2) is 40.8 Å². The SMILES string of the molecule is CCc1ccc(NC(=O)[C@H](Cc2cc(OC)ccc2OC)c2nn[nH]n2)cc1. The Morgan fingerprint density at radius 3 is 2.54 bits per heavy atom. The third kappa shape index (κ3) is 4.46. The van der Waals surface area contributed by atoms with Crippen LogP contribution in [0.2, 0.25) is 0 Å². The lowest BCUT2D eigenvalue weighted by atomic mass is 9.96. The second-order valence-corrected chi connectivity index (χ2v) is 6.24. The van der Waals surface area contributed by atoms with Crippen LogP contribution in [0.25, 0.3) is 0 Å². The molecule has 0 saturated carbocycles. The number of amides is 1. The molecule has 146 valence electrons. The molecule has 2 aromatic carbocycles. The summed E-state index contributed by atoms with van der Waals surface area (Å²) in [6, 6.07) is 13.2. The molecule has 0 radical (unpaired) electrons. The number of methoxy groups -OCH3 is 2. The van der Waals surface area contributed by atoms with Gasteiger partial charge in [0.1, 0.15) is 17.4 Å². The molecular formula is C20H23N5O3. The van der Waals surface area contributed by atoms with Crippen molar-refractivity contribution in [1.29, 1.82) is 0 Å². The fraction of sp³-hybridized carbons (Fsp3) is 0.300. The summed E-state index contributed by atoms with van der Waals surface area (Å²) in [6.07, 6.45) is 1.27. The van der Waals surface area contributed by atoms with Crippen molar-refractivity contribution in [2.75, 3.05) is 19.5 Å². The number of nitrogens with zero attached hydrogens (tertiary/aromatic N) is 3. The third-order valence-corrected chi connectivity index (χ3v) is 4.53. The standard InChI is InChI=1S/C20H23N5O3/c1-4-13-5-7-15(8-6-13)21-20(26)17(19-22-24-25-23-19)12-14-11-16(27-2)9-10-18(14)28-3/h5-11,17H,4,12H2,1-3H3,(H,21,26)(H,22,23,24,25)/t17-/m1/s1. The number of aromatic amines is 1. The highest BCUT2D eigenvalue weighted by Crippen LogP contribution is 2.29. The van der Waals surface area contributed by atoms with Gasteiger partial charge in [0.2, 0.25) is 5.91 Å². The second-order valence-electron chi connectivity index (χ2n) is 6.24. The Morgan fingerprint density at radius 2 is 1.93 bits per heavy atom. The molecule has 0 aliphatic heterocycles. The number of carbonyl (C=O) groups excluding carboxylic acids is 1. The maximum Gasteiger partial charge on any atom is 0.235 e. The van der Waals surface area contributed by atoms with Crippen LogP contribution in [0, 0.1) is 0 Å². The number of hydrogen-bond donors (Lipinski definition) is 2. The van der Waals surface area contributed by atoms with E-state index < -0.39 is 5.92 Å². The van der Waals surface area contributed by atoms with E-state index in [-0.39, 0.29) is 5.91 Å². The predicted octanol–water partition coefficient (Wildman–Crippen LogP) is 2.74. The maximum atomic E-state index is 13.0. The van der Waals surface area contributed by atoms with Crippen molar-refractivity contribution in [2.45, 2.75) is 25.7 Å². The van der Waals surface area contributed by atoms with E-state index in [0.717, 1.165) is 12.0 Å². The molecule has 2 N–H and O–H groups in total. The molecule has 0 spiro atoms. The highest BCUT2D eigenvalue weighted by molar-refractivity contribution is 5.95. The predicted molar refractivity (Wildman–Crippen MR) is 105 cm³/mol. The van der Waals surface area contributed by atoms with Crippen LogP contribution in [0.1, 0.15) is 29.8 Å². The fourth-order valence-electron chi connectivity index (χ4n) is 2.93. The lowest BCUT2D eigenvalue weighted by Gasteiger charge is -2.16. The molecule has 1 amide bonds. The van der Waals surface area contributed by atoms with Crippen molar-refractivity contribution in [3.8, 4) is 11.5 Å². The number of benzene rings is 2. The third-order valence-electron chi connectivity index (χ3n) is 4.53. The number of tetrazole rings is 1. The normalized spacial score (nSPS) is 11.7. The minimum absolute atomic E-state index is 0.226. The van der Waals surface area contributed by atoms with E-state index in [1.165, 1.54) is 5.56 Å². The van der Waals surface area contributed by atoms with Gasteiger partial charge in [-0.15, -0.1) is 10.2 Å². The molecule has 0 aliphatic rings. The molecule has 1 heterocycles. The van der Waals surface area contributed by atoms with Crippen molar-refractivity contribution >= 4 is 11.6 Å². The summed E-state index contributed by atoms with van der Waals surface area (Å²) in [5.41, 5.74) is 2.73. The van der Waals surface area contributed by atoms with E-state index in [2.05, 4.69) is 32.9 Å². The monoisotopic (exact) mass is 381 g/mol. The molecule has 0 bridgehead atoms. The molecule has 8 heteroatoms. The highest BCUT2D eigenvalue weighted by atomic mass is 16.5. The Kier molecular flexibility index (Phi) is 6.21. The van der Waals surface area contributed by atoms with Gasteiger partial charge in [-0.05, 0) is 54.3 Å². The van der Waals surface area contributed by atoms with Gasteiger partial charge >= 0.3 is 0 Å². The van der Waals surface area contributed by atoms with Gasteiger partial charge in [-0.1, -0.05) is 24.3 Å². The van der Waals surface area contributed by atoms with Crippen LogP contribution in [0.15, 0.2) is 42.5 Å². The molecule has 28 heavy (non-hydrogen) atoms. The first-order valence-electron chi connectivity index (χ1n) is 8.98. The summed E-state index contributed by atoms with van der Waals surface area (Å²) >= 11 is 0. The van der Waals surface area contributed by atoms with Gasteiger partial charge in [-0.25, -0.2) is 0 Å². The number of H-pyrrole nitrogens is 1. The van der Waals surface area contributed by atoms with E-state index in [0.29, 0.717) is 29.4 Å². The molecule has 0 saturated heterocycles. The summed E-state index contributed by atoms with van der Waals surface area (Å²) in [7, 11) is 3.18. The van der Waals surface area contributed by atoms with Gasteiger partial charge in [-0.2, -0.15) is 5.21 Å². The van der Waals surface area contributed by atoms with Crippen molar-refractivity contribution in [3.05, 3.63) is 59.4 Å². The molecular weight excluding hydrogens is 358 g/mol. The number of aryl methyl sites for hydroxylation is 1. The molecule has 0 aliphatic carbocycles. The van der Waals surface area contributed by atoms with Crippen LogP contribution in [0.3, 0.4) is 0 Å². The molecule has 8 nitrogen and oxygen atoms in total. The minimum atomic E-state index is -0.648. The number of rotatable bonds is 8. The number of ether oxygens (including phenoxy) is 2. The smallest absolute Gasteiger partial charge is 0.235 e. The molecule has 1 aromatic heterocycles. The molecule has 1 atom stereocenters. The van der Waals surface area contributed by atoms with Gasteiger partial charge in [0.15, 0.2) is 5.82 Å². The fourth-order valence-corrected chi connectivity index (χ4v) is 2.93. The van der Waals surface area contributed by atoms with Gasteiger partial charge < -0.3 is 14.8 Å². The average Bonchev–Trinajstić information content (AvgIpc) is 3.26.